The summed E-state index contributed by atoms with van der Waals surface area (Å²) in [6.07, 6.45) is 1.65. The van der Waals surface area contributed by atoms with Gasteiger partial charge in [-0.15, -0.1) is 0 Å². The van der Waals surface area contributed by atoms with Crippen LogP contribution in [0.25, 0.3) is 11.1 Å². The molecule has 0 radical (unpaired) electrons. The number of methoxy groups -OCH3 is 2. The number of rotatable bonds is 11. The van der Waals surface area contributed by atoms with Crippen molar-refractivity contribution in [1.29, 1.82) is 0 Å². The summed E-state index contributed by atoms with van der Waals surface area (Å²) in [4.78, 5) is 11.4. The summed E-state index contributed by atoms with van der Waals surface area (Å²) in [7, 11) is 3.06. The molecule has 0 aromatic heterocycles. The van der Waals surface area contributed by atoms with E-state index in [0.29, 0.717) is 30.9 Å². The van der Waals surface area contributed by atoms with Gasteiger partial charge in [0.1, 0.15) is 17.2 Å². The highest BCUT2D eigenvalue weighted by molar-refractivity contribution is 6.31. The molecule has 0 amide bonds. The second-order valence-corrected chi connectivity index (χ2v) is 8.51. The van der Waals surface area contributed by atoms with Crippen LogP contribution >= 0.6 is 11.6 Å². The highest BCUT2D eigenvalue weighted by Crippen LogP contribution is 2.38. The molecule has 0 unspecified atom stereocenters. The van der Waals surface area contributed by atoms with Gasteiger partial charge >= 0.3 is 5.97 Å². The lowest BCUT2D eigenvalue weighted by molar-refractivity contribution is -0.140. The molecule has 0 aliphatic carbocycles. The van der Waals surface area contributed by atoms with Crippen LogP contribution in [0.15, 0.2) is 60.7 Å². The molecule has 0 aliphatic rings. The fraction of sp³-hybridized carbons (Fsp3) is 0.321. The minimum atomic E-state index is -0.205. The highest BCUT2D eigenvalue weighted by Gasteiger charge is 2.15. The van der Waals surface area contributed by atoms with E-state index in [1.165, 1.54) is 7.11 Å². The Hall–Kier alpha value is -3.18. The van der Waals surface area contributed by atoms with Crippen LogP contribution in [-0.2, 0) is 16.0 Å². The first kappa shape index (κ1) is 25.4. The second-order valence-electron chi connectivity index (χ2n) is 8.07. The Balaban J connectivity index is 1.59. The molecule has 0 fully saturated rings. The number of carbonyl (C=O) groups is 1. The predicted octanol–water partition coefficient (Wildman–Crippen LogP) is 6.67. The maximum atomic E-state index is 11.4. The number of hydrogen-bond acceptors (Lipinski definition) is 5. The van der Waals surface area contributed by atoms with Gasteiger partial charge in [-0.1, -0.05) is 35.9 Å². The van der Waals surface area contributed by atoms with Crippen LogP contribution in [0.4, 0.5) is 0 Å². The Kier molecular flexibility index (Phi) is 9.23. The SMILES string of the molecule is COC(=O)CCc1ccc(OCC[C@H](C)Oc2ccc(Cl)cc2-c2ccccc2OC)cc1C. The van der Waals surface area contributed by atoms with Crippen molar-refractivity contribution in [3.63, 3.8) is 0 Å². The van der Waals surface area contributed by atoms with Gasteiger partial charge in [0.2, 0.25) is 0 Å². The van der Waals surface area contributed by atoms with Crippen molar-refractivity contribution in [3.8, 4) is 28.4 Å². The smallest absolute Gasteiger partial charge is 0.305 e. The van der Waals surface area contributed by atoms with Crippen molar-refractivity contribution in [2.45, 2.75) is 39.2 Å². The maximum Gasteiger partial charge on any atom is 0.305 e. The van der Waals surface area contributed by atoms with Gasteiger partial charge in [0.25, 0.3) is 0 Å². The van der Waals surface area contributed by atoms with Crippen LogP contribution in [-0.4, -0.2) is 32.9 Å². The van der Waals surface area contributed by atoms with Gasteiger partial charge in [0.15, 0.2) is 0 Å². The highest BCUT2D eigenvalue weighted by atomic mass is 35.5. The molecule has 0 N–H and O–H groups in total. The van der Waals surface area contributed by atoms with Crippen LogP contribution in [0.2, 0.25) is 5.02 Å². The third-order valence-electron chi connectivity index (χ3n) is 5.60. The zero-order valence-corrected chi connectivity index (χ0v) is 20.9. The Morgan fingerprint density at radius 1 is 0.971 bits per heavy atom. The van der Waals surface area contributed by atoms with Crippen molar-refractivity contribution in [2.75, 3.05) is 20.8 Å². The monoisotopic (exact) mass is 482 g/mol. The average molecular weight is 483 g/mol. The van der Waals surface area contributed by atoms with Gasteiger partial charge in [-0.05, 0) is 67.8 Å². The van der Waals surface area contributed by atoms with Crippen molar-refractivity contribution in [1.82, 2.24) is 0 Å². The van der Waals surface area contributed by atoms with Crippen LogP contribution in [0, 0.1) is 6.92 Å². The van der Waals surface area contributed by atoms with Crippen molar-refractivity contribution in [3.05, 3.63) is 76.8 Å². The van der Waals surface area contributed by atoms with E-state index in [2.05, 4.69) is 0 Å². The van der Waals surface area contributed by atoms with Crippen LogP contribution in [0.3, 0.4) is 0 Å². The number of carbonyl (C=O) groups excluding carboxylic acids is 1. The van der Waals surface area contributed by atoms with E-state index in [4.69, 9.17) is 30.5 Å². The van der Waals surface area contributed by atoms with E-state index in [1.54, 1.807) is 7.11 Å². The lowest BCUT2D eigenvalue weighted by Gasteiger charge is -2.19. The van der Waals surface area contributed by atoms with Gasteiger partial charge in [-0.2, -0.15) is 0 Å². The second kappa shape index (κ2) is 12.3. The first-order valence-corrected chi connectivity index (χ1v) is 11.7. The molecule has 0 spiro atoms. The largest absolute Gasteiger partial charge is 0.496 e. The van der Waals surface area contributed by atoms with Crippen molar-refractivity contribution < 1.29 is 23.7 Å². The molecule has 3 aromatic carbocycles. The van der Waals surface area contributed by atoms with Crippen LogP contribution in [0.5, 0.6) is 17.2 Å². The zero-order valence-electron chi connectivity index (χ0n) is 20.1. The number of halogens is 1. The molecule has 0 heterocycles. The number of para-hydroxylation sites is 1. The summed E-state index contributed by atoms with van der Waals surface area (Å²) in [5, 5.41) is 0.634. The molecule has 0 saturated carbocycles. The lowest BCUT2D eigenvalue weighted by atomic mass is 10.0. The molecule has 34 heavy (non-hydrogen) atoms. The van der Waals surface area contributed by atoms with E-state index >= 15 is 0 Å². The molecule has 5 nitrogen and oxygen atoms in total. The number of esters is 1. The Bertz CT molecular complexity index is 1110. The minimum Gasteiger partial charge on any atom is -0.496 e. The van der Waals surface area contributed by atoms with Crippen LogP contribution < -0.4 is 14.2 Å². The maximum absolute atomic E-state index is 11.4. The third-order valence-corrected chi connectivity index (χ3v) is 5.84. The van der Waals surface area contributed by atoms with Gasteiger partial charge in [0, 0.05) is 29.0 Å². The number of aryl methyl sites for hydroxylation is 2. The number of benzene rings is 3. The summed E-state index contributed by atoms with van der Waals surface area (Å²) in [6.45, 7) is 4.55. The molecule has 180 valence electrons. The van der Waals surface area contributed by atoms with E-state index < -0.39 is 0 Å². The predicted molar refractivity (Wildman–Crippen MR) is 135 cm³/mol. The fourth-order valence-electron chi connectivity index (χ4n) is 3.68. The Labute approximate surface area is 206 Å². The van der Waals surface area contributed by atoms with E-state index in [1.807, 2.05) is 74.5 Å². The lowest BCUT2D eigenvalue weighted by Crippen LogP contribution is -2.16. The van der Waals surface area contributed by atoms with E-state index in [0.717, 1.165) is 39.5 Å². The summed E-state index contributed by atoms with van der Waals surface area (Å²) >= 11 is 6.28. The van der Waals surface area contributed by atoms with E-state index in [9.17, 15) is 4.79 Å². The number of hydrogen-bond donors (Lipinski definition) is 0. The first-order chi connectivity index (χ1) is 16.4. The fourth-order valence-corrected chi connectivity index (χ4v) is 3.85. The topological polar surface area (TPSA) is 54.0 Å². The molecule has 1 atom stereocenters. The summed E-state index contributed by atoms with van der Waals surface area (Å²) in [6, 6.07) is 19.3. The van der Waals surface area contributed by atoms with Crippen LogP contribution in [0.1, 0.15) is 30.9 Å². The molecule has 3 rings (SSSR count). The molecule has 0 aliphatic heterocycles. The molecule has 6 heteroatoms. The van der Waals surface area contributed by atoms with Gasteiger partial charge in [-0.25, -0.2) is 0 Å². The quantitative estimate of drug-likeness (QED) is 0.286. The third kappa shape index (κ3) is 6.91. The summed E-state index contributed by atoms with van der Waals surface area (Å²) < 4.78 is 22.5. The average Bonchev–Trinajstić information content (AvgIpc) is 2.84. The molecule has 0 saturated heterocycles. The van der Waals surface area contributed by atoms with Crippen molar-refractivity contribution >= 4 is 17.6 Å². The van der Waals surface area contributed by atoms with E-state index in [-0.39, 0.29) is 12.1 Å². The standard InChI is InChI=1S/C28H31ClO5/c1-19-17-23(12-9-21(19)10-14-28(30)32-4)33-16-15-20(2)34-27-13-11-22(29)18-25(27)24-7-5-6-8-26(24)31-3/h5-9,11-13,17-18,20H,10,14-16H2,1-4H3/t20-/m0/s1. The first-order valence-electron chi connectivity index (χ1n) is 11.3. The van der Waals surface area contributed by atoms with Gasteiger partial charge in [-0.3, -0.25) is 4.79 Å². The molecular weight excluding hydrogens is 452 g/mol. The summed E-state index contributed by atoms with van der Waals surface area (Å²) in [5.41, 5.74) is 4.01. The molecular formula is C28H31ClO5. The van der Waals surface area contributed by atoms with Gasteiger partial charge < -0.3 is 18.9 Å². The molecule has 3 aromatic rings. The minimum absolute atomic E-state index is 0.0740. The van der Waals surface area contributed by atoms with Crippen molar-refractivity contribution in [2.24, 2.45) is 0 Å². The summed E-state index contributed by atoms with van der Waals surface area (Å²) in [5.74, 6) is 2.10. The van der Waals surface area contributed by atoms with Gasteiger partial charge in [0.05, 0.1) is 26.9 Å². The normalized spacial score (nSPS) is 11.6. The zero-order chi connectivity index (χ0) is 24.5. The Morgan fingerprint density at radius 2 is 1.76 bits per heavy atom. The molecule has 0 bridgehead atoms. The Morgan fingerprint density at radius 3 is 2.50 bits per heavy atom. The number of ether oxygens (including phenoxy) is 4.